The van der Waals surface area contributed by atoms with Gasteiger partial charge in [-0.15, -0.1) is 0 Å². The third kappa shape index (κ3) is 4.98. The highest BCUT2D eigenvalue weighted by Gasteiger charge is 2.21. The van der Waals surface area contributed by atoms with Crippen molar-refractivity contribution in [2.45, 2.75) is 52.6 Å². The van der Waals surface area contributed by atoms with Gasteiger partial charge in [-0.05, 0) is 44.4 Å². The molecule has 1 aliphatic rings. The quantitative estimate of drug-likeness (QED) is 0.627. The van der Waals surface area contributed by atoms with Crippen molar-refractivity contribution in [1.82, 2.24) is 10.6 Å². The highest BCUT2D eigenvalue weighted by molar-refractivity contribution is 5.95. The van der Waals surface area contributed by atoms with Crippen molar-refractivity contribution in [2.75, 3.05) is 18.0 Å². The van der Waals surface area contributed by atoms with Gasteiger partial charge in [0.15, 0.2) is 5.96 Å². The molecule has 1 saturated heterocycles. The standard InChI is InChI=1S/C18H28N4O/c1-4-14(3)21-18(19-5-2)20-13-15-8-10-16(11-9-15)22-12-6-7-17(22)23/h8-11,14H,4-7,12-13H2,1-3H3,(H2,19,20,21). The summed E-state index contributed by atoms with van der Waals surface area (Å²) in [5.41, 5.74) is 2.13. The van der Waals surface area contributed by atoms with Crippen LogP contribution in [0.2, 0.25) is 0 Å². The van der Waals surface area contributed by atoms with Crippen LogP contribution in [0.3, 0.4) is 0 Å². The average molecular weight is 316 g/mol. The molecule has 1 unspecified atom stereocenters. The molecular weight excluding hydrogens is 288 g/mol. The molecule has 1 fully saturated rings. The first-order chi connectivity index (χ1) is 11.1. The molecule has 1 aliphatic heterocycles. The minimum Gasteiger partial charge on any atom is -0.357 e. The van der Waals surface area contributed by atoms with E-state index >= 15 is 0 Å². The molecule has 1 atom stereocenters. The van der Waals surface area contributed by atoms with Crippen LogP contribution in [0, 0.1) is 0 Å². The third-order valence-electron chi connectivity index (χ3n) is 4.08. The number of guanidine groups is 1. The van der Waals surface area contributed by atoms with Gasteiger partial charge in [-0.1, -0.05) is 19.1 Å². The fraction of sp³-hybridized carbons (Fsp3) is 0.556. The normalized spacial score (nSPS) is 16.6. The van der Waals surface area contributed by atoms with Crippen molar-refractivity contribution < 1.29 is 4.79 Å². The molecule has 126 valence electrons. The number of rotatable bonds is 6. The molecule has 0 aromatic heterocycles. The lowest BCUT2D eigenvalue weighted by Gasteiger charge is -2.17. The summed E-state index contributed by atoms with van der Waals surface area (Å²) < 4.78 is 0. The van der Waals surface area contributed by atoms with Gasteiger partial charge in [-0.3, -0.25) is 4.79 Å². The van der Waals surface area contributed by atoms with Gasteiger partial charge in [-0.2, -0.15) is 0 Å². The number of carbonyl (C=O) groups is 1. The number of hydrogen-bond donors (Lipinski definition) is 2. The Morgan fingerprint density at radius 1 is 1.30 bits per heavy atom. The van der Waals surface area contributed by atoms with Crippen molar-refractivity contribution >= 4 is 17.6 Å². The Labute approximate surface area is 139 Å². The first-order valence-corrected chi connectivity index (χ1v) is 8.58. The monoisotopic (exact) mass is 316 g/mol. The zero-order valence-electron chi connectivity index (χ0n) is 14.4. The lowest BCUT2D eigenvalue weighted by Crippen LogP contribution is -2.41. The van der Waals surface area contributed by atoms with Gasteiger partial charge in [0.2, 0.25) is 5.91 Å². The second-order valence-corrected chi connectivity index (χ2v) is 5.96. The number of benzene rings is 1. The summed E-state index contributed by atoms with van der Waals surface area (Å²) >= 11 is 0. The molecule has 1 amide bonds. The number of hydrogen-bond acceptors (Lipinski definition) is 2. The molecule has 1 heterocycles. The van der Waals surface area contributed by atoms with Crippen molar-refractivity contribution in [3.63, 3.8) is 0 Å². The minimum absolute atomic E-state index is 0.225. The Balaban J connectivity index is 1.98. The summed E-state index contributed by atoms with van der Waals surface area (Å²) in [6.45, 7) is 8.67. The fourth-order valence-corrected chi connectivity index (χ4v) is 2.53. The van der Waals surface area contributed by atoms with Crippen molar-refractivity contribution in [3.05, 3.63) is 29.8 Å². The van der Waals surface area contributed by atoms with E-state index in [0.29, 0.717) is 19.0 Å². The van der Waals surface area contributed by atoms with Crippen LogP contribution in [0.15, 0.2) is 29.3 Å². The smallest absolute Gasteiger partial charge is 0.227 e. The van der Waals surface area contributed by atoms with Gasteiger partial charge in [-0.25, -0.2) is 4.99 Å². The van der Waals surface area contributed by atoms with E-state index < -0.39 is 0 Å². The van der Waals surface area contributed by atoms with E-state index in [1.54, 1.807) is 0 Å². The zero-order valence-corrected chi connectivity index (χ0v) is 14.4. The molecule has 1 aromatic carbocycles. The summed E-state index contributed by atoms with van der Waals surface area (Å²) in [5, 5.41) is 6.65. The predicted molar refractivity (Wildman–Crippen MR) is 95.7 cm³/mol. The van der Waals surface area contributed by atoms with Crippen LogP contribution >= 0.6 is 0 Å². The third-order valence-corrected chi connectivity index (χ3v) is 4.08. The van der Waals surface area contributed by atoms with Gasteiger partial charge >= 0.3 is 0 Å². The van der Waals surface area contributed by atoms with E-state index in [9.17, 15) is 4.79 Å². The number of aliphatic imine (C=N–C) groups is 1. The van der Waals surface area contributed by atoms with E-state index in [1.807, 2.05) is 17.0 Å². The number of carbonyl (C=O) groups excluding carboxylic acids is 1. The van der Waals surface area contributed by atoms with Crippen molar-refractivity contribution in [2.24, 2.45) is 4.99 Å². The Hall–Kier alpha value is -2.04. The van der Waals surface area contributed by atoms with Crippen LogP contribution in [0.4, 0.5) is 5.69 Å². The molecular formula is C18H28N4O. The van der Waals surface area contributed by atoms with Crippen LogP contribution < -0.4 is 15.5 Å². The number of nitrogens with zero attached hydrogens (tertiary/aromatic N) is 2. The molecule has 0 bridgehead atoms. The lowest BCUT2D eigenvalue weighted by atomic mass is 10.2. The first-order valence-electron chi connectivity index (χ1n) is 8.58. The molecule has 5 nitrogen and oxygen atoms in total. The van der Waals surface area contributed by atoms with E-state index in [-0.39, 0.29) is 5.91 Å². The first kappa shape index (κ1) is 17.3. The number of anilines is 1. The van der Waals surface area contributed by atoms with Crippen LogP contribution in [-0.4, -0.2) is 31.0 Å². The SMILES string of the molecule is CCNC(=NCc1ccc(N2CCCC2=O)cc1)NC(C)CC. The summed E-state index contributed by atoms with van der Waals surface area (Å²) in [6.07, 6.45) is 2.68. The summed E-state index contributed by atoms with van der Waals surface area (Å²) in [5.74, 6) is 1.07. The zero-order chi connectivity index (χ0) is 16.7. The minimum atomic E-state index is 0.225. The molecule has 0 spiro atoms. The summed E-state index contributed by atoms with van der Waals surface area (Å²) in [6, 6.07) is 8.54. The number of amides is 1. The Bertz CT molecular complexity index is 538. The van der Waals surface area contributed by atoms with Gasteiger partial charge in [0, 0.05) is 31.2 Å². The molecule has 2 N–H and O–H groups in total. The van der Waals surface area contributed by atoms with Crippen LogP contribution in [0.25, 0.3) is 0 Å². The molecule has 23 heavy (non-hydrogen) atoms. The molecule has 5 heteroatoms. The molecule has 2 rings (SSSR count). The van der Waals surface area contributed by atoms with Crippen LogP contribution in [0.5, 0.6) is 0 Å². The maximum atomic E-state index is 11.8. The van der Waals surface area contributed by atoms with Crippen LogP contribution in [-0.2, 0) is 11.3 Å². The highest BCUT2D eigenvalue weighted by Crippen LogP contribution is 2.21. The van der Waals surface area contributed by atoms with E-state index in [2.05, 4.69) is 48.5 Å². The molecule has 0 saturated carbocycles. The largest absolute Gasteiger partial charge is 0.357 e. The fourth-order valence-electron chi connectivity index (χ4n) is 2.53. The molecule has 0 radical (unpaired) electrons. The molecule has 1 aromatic rings. The van der Waals surface area contributed by atoms with Gasteiger partial charge < -0.3 is 15.5 Å². The number of nitrogens with one attached hydrogen (secondary N) is 2. The second kappa shape index (κ2) is 8.56. The van der Waals surface area contributed by atoms with Crippen molar-refractivity contribution in [3.8, 4) is 0 Å². The summed E-state index contributed by atoms with van der Waals surface area (Å²) in [4.78, 5) is 18.3. The van der Waals surface area contributed by atoms with Gasteiger partial charge in [0.25, 0.3) is 0 Å². The topological polar surface area (TPSA) is 56.7 Å². The van der Waals surface area contributed by atoms with E-state index in [0.717, 1.165) is 43.1 Å². The maximum Gasteiger partial charge on any atom is 0.227 e. The average Bonchev–Trinajstić information content (AvgIpc) is 2.99. The predicted octanol–water partition coefficient (Wildman–Crippen LogP) is 2.67. The second-order valence-electron chi connectivity index (χ2n) is 5.96. The van der Waals surface area contributed by atoms with Crippen LogP contribution in [0.1, 0.15) is 45.6 Å². The van der Waals surface area contributed by atoms with E-state index in [4.69, 9.17) is 0 Å². The van der Waals surface area contributed by atoms with E-state index in [1.165, 1.54) is 0 Å². The lowest BCUT2D eigenvalue weighted by molar-refractivity contribution is -0.117. The molecule has 0 aliphatic carbocycles. The highest BCUT2D eigenvalue weighted by atomic mass is 16.2. The van der Waals surface area contributed by atoms with Gasteiger partial charge in [0.05, 0.1) is 6.54 Å². The Morgan fingerprint density at radius 2 is 2.04 bits per heavy atom. The van der Waals surface area contributed by atoms with Crippen molar-refractivity contribution in [1.29, 1.82) is 0 Å². The van der Waals surface area contributed by atoms with Gasteiger partial charge in [0.1, 0.15) is 0 Å². The Morgan fingerprint density at radius 3 is 2.61 bits per heavy atom. The Kier molecular flexibility index (Phi) is 6.44. The maximum absolute atomic E-state index is 11.8. The summed E-state index contributed by atoms with van der Waals surface area (Å²) in [7, 11) is 0.